The molecule has 388 valence electrons. The molecule has 0 bridgehead atoms. The Bertz CT molecular complexity index is 2480. The minimum atomic E-state index is -1.71. The summed E-state index contributed by atoms with van der Waals surface area (Å²) in [5.41, 5.74) is 20.4. The number of aromatic amines is 1. The van der Waals surface area contributed by atoms with Crippen LogP contribution in [0, 0.1) is 0 Å². The van der Waals surface area contributed by atoms with Crippen LogP contribution in [0.15, 0.2) is 91.1 Å². The first-order valence-corrected chi connectivity index (χ1v) is 26.0. The Morgan fingerprint density at radius 1 is 0.708 bits per heavy atom. The maximum Gasteiger partial charge on any atom is 0.245 e. The largest absolute Gasteiger partial charge is 0.391 e. The molecule has 3 unspecified atom stereocenters. The van der Waals surface area contributed by atoms with Gasteiger partial charge in [-0.05, 0) is 68.8 Å². The van der Waals surface area contributed by atoms with Gasteiger partial charge in [0, 0.05) is 41.4 Å². The number of benzene rings is 3. The fourth-order valence-electron chi connectivity index (χ4n) is 7.81. The quantitative estimate of drug-likeness (QED) is 0.0432. The second kappa shape index (κ2) is 27.9. The van der Waals surface area contributed by atoms with Gasteiger partial charge in [-0.3, -0.25) is 38.4 Å². The molecule has 2 heterocycles. The van der Waals surface area contributed by atoms with Gasteiger partial charge in [-0.15, -0.1) is 0 Å². The molecule has 4 aromatic rings. The molecule has 72 heavy (non-hydrogen) atoms. The van der Waals surface area contributed by atoms with E-state index in [-0.39, 0.29) is 43.7 Å². The average Bonchev–Trinajstić information content (AvgIpc) is 3.76. The van der Waals surface area contributed by atoms with E-state index in [1.54, 1.807) is 60.8 Å². The highest BCUT2D eigenvalue weighted by molar-refractivity contribution is 8.76. The van der Waals surface area contributed by atoms with Crippen LogP contribution in [-0.2, 0) is 57.6 Å². The number of primary amides is 1. The molecule has 1 aliphatic rings. The molecule has 1 saturated heterocycles. The first kappa shape index (κ1) is 56.4. The molecular weight excluding hydrogens is 967 g/mol. The zero-order valence-corrected chi connectivity index (χ0v) is 41.6. The fraction of sp³-hybridized carbons (Fsp3) is 0.429. The summed E-state index contributed by atoms with van der Waals surface area (Å²) in [4.78, 5) is 115. The lowest BCUT2D eigenvalue weighted by molar-refractivity contribution is -0.137. The van der Waals surface area contributed by atoms with Crippen molar-refractivity contribution in [2.24, 2.45) is 17.2 Å². The number of aliphatic hydroxyl groups is 2. The predicted octanol–water partition coefficient (Wildman–Crippen LogP) is -1.31. The minimum Gasteiger partial charge on any atom is -0.391 e. The first-order valence-electron chi connectivity index (χ1n) is 23.6. The number of aliphatic hydroxyl groups excluding tert-OH is 2. The summed E-state index contributed by atoms with van der Waals surface area (Å²) >= 11 is 0. The number of amides is 8. The Balaban J connectivity index is 1.57. The van der Waals surface area contributed by atoms with Crippen LogP contribution >= 0.6 is 21.6 Å². The van der Waals surface area contributed by atoms with Crippen molar-refractivity contribution in [2.75, 3.05) is 18.1 Å². The topological polar surface area (TPSA) is 355 Å². The highest BCUT2D eigenvalue weighted by Crippen LogP contribution is 2.24. The first-order chi connectivity index (χ1) is 34.4. The molecule has 8 amide bonds. The molecule has 0 radical (unpaired) electrons. The Morgan fingerprint density at radius 2 is 1.29 bits per heavy atom. The number of unbranched alkanes of at least 4 members (excludes halogenated alkanes) is 1. The van der Waals surface area contributed by atoms with E-state index in [1.807, 2.05) is 30.3 Å². The van der Waals surface area contributed by atoms with Crippen molar-refractivity contribution in [1.82, 2.24) is 42.2 Å². The Hall–Kier alpha value is -6.50. The van der Waals surface area contributed by atoms with Crippen LogP contribution in [0.3, 0.4) is 0 Å². The number of nitrogens with one attached hydrogen (secondary N) is 8. The van der Waals surface area contributed by atoms with Gasteiger partial charge in [0.2, 0.25) is 47.3 Å². The molecular formula is C49H65N11O10S2. The van der Waals surface area contributed by atoms with Crippen molar-refractivity contribution in [3.63, 3.8) is 0 Å². The van der Waals surface area contributed by atoms with Crippen molar-refractivity contribution < 1.29 is 48.6 Å². The third-order valence-corrected chi connectivity index (χ3v) is 14.3. The number of fused-ring (bicyclic) bond motifs is 1. The summed E-state index contributed by atoms with van der Waals surface area (Å²) in [7, 11) is 1.96. The Labute approximate surface area is 424 Å². The SMILES string of the molecule is C[C@@H](O)[C@H](NC(=O)C1CSSCC(NC(=O)[C@H](N)Cc2ccccc2)C(=O)N[C@@H](Cc2ccccc2)C(=O)NC(Cc2c[nH]c3ccccc23)C(=O)N[C@@H](CCCCN)C(=O)N[C@@H]([C@@H](C)O)C(=O)N1)C(N)=O. The maximum atomic E-state index is 14.7. The average molecular weight is 1030 g/mol. The highest BCUT2D eigenvalue weighted by Gasteiger charge is 2.37. The molecule has 1 aliphatic heterocycles. The zero-order valence-electron chi connectivity index (χ0n) is 40.0. The monoisotopic (exact) mass is 1030 g/mol. The van der Waals surface area contributed by atoms with E-state index in [0.29, 0.717) is 24.0 Å². The Kier molecular flexibility index (Phi) is 21.9. The molecule has 21 nitrogen and oxygen atoms in total. The zero-order chi connectivity index (χ0) is 52.3. The molecule has 1 aromatic heterocycles. The summed E-state index contributed by atoms with van der Waals surface area (Å²) in [5, 5.41) is 40.3. The molecule has 1 fully saturated rings. The van der Waals surface area contributed by atoms with Crippen LogP contribution in [0.1, 0.15) is 49.8 Å². The van der Waals surface area contributed by atoms with Crippen LogP contribution in [-0.4, -0.2) is 141 Å². The minimum absolute atomic E-state index is 0.0121. The van der Waals surface area contributed by atoms with Crippen LogP contribution in [0.2, 0.25) is 0 Å². The normalized spacial score (nSPS) is 22.6. The van der Waals surface area contributed by atoms with Crippen LogP contribution < -0.4 is 54.4 Å². The number of carbonyl (C=O) groups is 8. The number of para-hydroxylation sites is 1. The van der Waals surface area contributed by atoms with E-state index >= 15 is 0 Å². The summed E-state index contributed by atoms with van der Waals surface area (Å²) < 4.78 is 0. The molecule has 16 N–H and O–H groups in total. The Morgan fingerprint density at radius 3 is 1.93 bits per heavy atom. The van der Waals surface area contributed by atoms with Crippen LogP contribution in [0.25, 0.3) is 10.9 Å². The van der Waals surface area contributed by atoms with Gasteiger partial charge in [-0.1, -0.05) is 100 Å². The van der Waals surface area contributed by atoms with Crippen molar-refractivity contribution in [2.45, 2.75) is 113 Å². The van der Waals surface area contributed by atoms with Crippen molar-refractivity contribution in [3.8, 4) is 0 Å². The maximum absolute atomic E-state index is 14.7. The summed E-state index contributed by atoms with van der Waals surface area (Å²) in [6, 6.07) is 13.7. The highest BCUT2D eigenvalue weighted by atomic mass is 33.1. The standard InChI is InChI=1S/C49H65N11O10S2/c1-27(61)40(42(52)63)59-48(69)39-26-72-71-25-38(57-43(64)33(51)21-29-13-5-3-6-14-29)47(68)55-36(22-30-15-7-4-8-16-30)45(66)56-37(23-31-24-53-34-18-10-9-17-32(31)34)46(67)54-35(19-11-12-20-50)44(65)60-41(28(2)62)49(70)58-39/h3-10,13-18,24,27-28,33,35-41,53,61-62H,11-12,19-23,25-26,50-51H2,1-2H3,(H2,52,63)(H,54,67)(H,55,68)(H,56,66)(H,57,64)(H,58,70)(H,59,69)(H,60,65)/t27-,28-,33-,35+,36+,37?,38?,39?,40+,41+/m1/s1. The molecule has 23 heteroatoms. The van der Waals surface area contributed by atoms with Gasteiger partial charge in [0.05, 0.1) is 18.2 Å². The van der Waals surface area contributed by atoms with E-state index in [9.17, 15) is 48.6 Å². The van der Waals surface area contributed by atoms with E-state index in [1.165, 1.54) is 13.8 Å². The molecule has 3 aromatic carbocycles. The second-order valence-electron chi connectivity index (χ2n) is 17.6. The van der Waals surface area contributed by atoms with E-state index in [0.717, 1.165) is 38.1 Å². The van der Waals surface area contributed by atoms with Gasteiger partial charge in [0.25, 0.3) is 0 Å². The molecule has 10 atom stereocenters. The van der Waals surface area contributed by atoms with Crippen molar-refractivity contribution in [3.05, 3.63) is 108 Å². The summed E-state index contributed by atoms with van der Waals surface area (Å²) in [6.45, 7) is 2.70. The molecule has 0 saturated carbocycles. The number of H-pyrrole nitrogens is 1. The molecule has 5 rings (SSSR count). The number of hydrogen-bond acceptors (Lipinski definition) is 14. The van der Waals surface area contributed by atoms with Gasteiger partial charge in [0.1, 0.15) is 42.3 Å². The second-order valence-corrected chi connectivity index (χ2v) is 20.1. The lowest BCUT2D eigenvalue weighted by atomic mass is 10.0. The van der Waals surface area contributed by atoms with Gasteiger partial charge < -0.3 is 69.6 Å². The number of aromatic nitrogens is 1. The predicted molar refractivity (Wildman–Crippen MR) is 274 cm³/mol. The molecule has 0 spiro atoms. The summed E-state index contributed by atoms with van der Waals surface area (Å²) in [6.07, 6.45) is -0.557. The fourth-order valence-corrected chi connectivity index (χ4v) is 10.1. The van der Waals surface area contributed by atoms with Crippen LogP contribution in [0.5, 0.6) is 0 Å². The number of nitrogens with two attached hydrogens (primary N) is 3. The lowest BCUT2D eigenvalue weighted by Crippen LogP contribution is -2.62. The van der Waals surface area contributed by atoms with E-state index in [4.69, 9.17) is 17.2 Å². The van der Waals surface area contributed by atoms with E-state index < -0.39 is 108 Å². The number of rotatable bonds is 17. The number of carbonyl (C=O) groups excluding carboxylic acids is 8. The third kappa shape index (κ3) is 16.8. The number of hydrogen-bond donors (Lipinski definition) is 13. The van der Waals surface area contributed by atoms with Crippen molar-refractivity contribution >= 4 is 79.7 Å². The van der Waals surface area contributed by atoms with Crippen LogP contribution in [0.4, 0.5) is 0 Å². The lowest BCUT2D eigenvalue weighted by Gasteiger charge is -2.29. The summed E-state index contributed by atoms with van der Waals surface area (Å²) in [5.74, 6) is -7.51. The third-order valence-electron chi connectivity index (χ3n) is 11.8. The van der Waals surface area contributed by atoms with Gasteiger partial charge in [0.15, 0.2) is 0 Å². The van der Waals surface area contributed by atoms with Gasteiger partial charge >= 0.3 is 0 Å². The van der Waals surface area contributed by atoms with Gasteiger partial charge in [-0.2, -0.15) is 0 Å². The van der Waals surface area contributed by atoms with Crippen molar-refractivity contribution in [1.29, 1.82) is 0 Å². The molecule has 0 aliphatic carbocycles. The van der Waals surface area contributed by atoms with E-state index in [2.05, 4.69) is 42.2 Å². The smallest absolute Gasteiger partial charge is 0.245 e. The van der Waals surface area contributed by atoms with Gasteiger partial charge in [-0.25, -0.2) is 0 Å².